The fourth-order valence-corrected chi connectivity index (χ4v) is 1.92. The van der Waals surface area contributed by atoms with Gasteiger partial charge in [-0.1, -0.05) is 20.8 Å². The molecular formula is C11H20N2O2. The molecule has 0 spiro atoms. The van der Waals surface area contributed by atoms with Gasteiger partial charge in [-0.15, -0.1) is 0 Å². The van der Waals surface area contributed by atoms with Crippen molar-refractivity contribution < 1.29 is 9.59 Å². The van der Waals surface area contributed by atoms with Gasteiger partial charge in [0.15, 0.2) is 0 Å². The average molecular weight is 212 g/mol. The van der Waals surface area contributed by atoms with Crippen LogP contribution in [-0.2, 0) is 9.59 Å². The Morgan fingerprint density at radius 3 is 2.60 bits per heavy atom. The highest BCUT2D eigenvalue weighted by Gasteiger charge is 2.23. The van der Waals surface area contributed by atoms with Crippen LogP contribution >= 0.6 is 0 Å². The predicted octanol–water partition coefficient (Wildman–Crippen LogP) is 1.64. The topological polar surface area (TPSA) is 72.5 Å². The van der Waals surface area contributed by atoms with Crippen LogP contribution in [0.5, 0.6) is 0 Å². The molecular weight excluding hydrogens is 192 g/mol. The molecule has 4 heteroatoms. The van der Waals surface area contributed by atoms with Gasteiger partial charge in [0.05, 0.1) is 6.54 Å². The summed E-state index contributed by atoms with van der Waals surface area (Å²) >= 11 is 0. The van der Waals surface area contributed by atoms with E-state index in [0.717, 1.165) is 12.8 Å². The zero-order chi connectivity index (χ0) is 11.9. The molecule has 4 nitrogen and oxygen atoms in total. The zero-order valence-corrected chi connectivity index (χ0v) is 9.75. The van der Waals surface area contributed by atoms with E-state index < -0.39 is 0 Å². The van der Waals surface area contributed by atoms with E-state index in [9.17, 15) is 9.59 Å². The van der Waals surface area contributed by atoms with Crippen LogP contribution < -0.4 is 5.73 Å². The molecule has 0 fully saturated rings. The van der Waals surface area contributed by atoms with E-state index >= 15 is 0 Å². The molecule has 0 rings (SSSR count). The van der Waals surface area contributed by atoms with E-state index in [-0.39, 0.29) is 11.3 Å². The third-order valence-corrected chi connectivity index (χ3v) is 2.35. The average Bonchev–Trinajstić information content (AvgIpc) is 2.00. The van der Waals surface area contributed by atoms with Crippen molar-refractivity contribution in [2.75, 3.05) is 6.54 Å². The molecule has 0 aromatic rings. The number of nitrogens with zero attached hydrogens (tertiary/aromatic N) is 1. The first-order valence-electron chi connectivity index (χ1n) is 5.19. The molecule has 0 aliphatic rings. The van der Waals surface area contributed by atoms with Crippen LogP contribution in [-0.4, -0.2) is 18.5 Å². The summed E-state index contributed by atoms with van der Waals surface area (Å²) in [5.74, 6) is 0.162. The van der Waals surface area contributed by atoms with Gasteiger partial charge in [0.1, 0.15) is 0 Å². The number of amides is 1. The summed E-state index contributed by atoms with van der Waals surface area (Å²) in [6.07, 6.45) is 3.67. The minimum atomic E-state index is -0.266. The van der Waals surface area contributed by atoms with Gasteiger partial charge in [-0.3, -0.25) is 4.79 Å². The second-order valence-electron chi connectivity index (χ2n) is 4.88. The molecule has 0 radical (unpaired) electrons. The van der Waals surface area contributed by atoms with E-state index in [1.807, 2.05) is 13.8 Å². The number of nitrogens with two attached hydrogens (primary N) is 1. The van der Waals surface area contributed by atoms with Gasteiger partial charge in [0, 0.05) is 6.42 Å². The first-order chi connectivity index (χ1) is 6.87. The van der Waals surface area contributed by atoms with E-state index in [1.165, 1.54) is 6.08 Å². The van der Waals surface area contributed by atoms with E-state index in [0.29, 0.717) is 18.9 Å². The Kier molecular flexibility index (Phi) is 5.87. The number of primary amides is 1. The SMILES string of the molecule is CC(CCN=C=O)CC(C)(C)CC(N)=O. The zero-order valence-electron chi connectivity index (χ0n) is 9.75. The van der Waals surface area contributed by atoms with Gasteiger partial charge in [-0.2, -0.15) is 0 Å². The Morgan fingerprint density at radius 1 is 1.53 bits per heavy atom. The Bertz CT molecular complexity index is 255. The van der Waals surface area contributed by atoms with Gasteiger partial charge >= 0.3 is 0 Å². The maximum atomic E-state index is 10.8. The second kappa shape index (κ2) is 6.36. The van der Waals surface area contributed by atoms with Crippen molar-refractivity contribution in [1.82, 2.24) is 0 Å². The molecule has 0 aliphatic heterocycles. The number of hydrogen-bond acceptors (Lipinski definition) is 3. The summed E-state index contributed by atoms with van der Waals surface area (Å²) in [7, 11) is 0. The van der Waals surface area contributed by atoms with Crippen LogP contribution in [0.1, 0.15) is 40.0 Å². The summed E-state index contributed by atoms with van der Waals surface area (Å²) in [6.45, 7) is 6.65. The summed E-state index contributed by atoms with van der Waals surface area (Å²) in [4.78, 5) is 24.2. The second-order valence-corrected chi connectivity index (χ2v) is 4.88. The van der Waals surface area contributed by atoms with Crippen molar-refractivity contribution >= 4 is 12.0 Å². The van der Waals surface area contributed by atoms with Crippen LogP contribution in [0.4, 0.5) is 0 Å². The van der Waals surface area contributed by atoms with Crippen LogP contribution in [0.15, 0.2) is 4.99 Å². The van der Waals surface area contributed by atoms with Gasteiger partial charge in [-0.05, 0) is 24.2 Å². The lowest BCUT2D eigenvalue weighted by Gasteiger charge is -2.26. The molecule has 0 saturated heterocycles. The summed E-state index contributed by atoms with van der Waals surface area (Å²) < 4.78 is 0. The third-order valence-electron chi connectivity index (χ3n) is 2.35. The Hall–Kier alpha value is -1.15. The van der Waals surface area contributed by atoms with Crippen molar-refractivity contribution in [3.63, 3.8) is 0 Å². The van der Waals surface area contributed by atoms with Crippen LogP contribution in [0.2, 0.25) is 0 Å². The number of carbonyl (C=O) groups is 1. The highest BCUT2D eigenvalue weighted by molar-refractivity contribution is 5.74. The molecule has 0 heterocycles. The Balaban J connectivity index is 3.97. The lowest BCUT2D eigenvalue weighted by atomic mass is 9.79. The van der Waals surface area contributed by atoms with E-state index in [1.54, 1.807) is 0 Å². The van der Waals surface area contributed by atoms with Crippen LogP contribution in [0.25, 0.3) is 0 Å². The molecule has 86 valence electrons. The van der Waals surface area contributed by atoms with Gasteiger partial charge < -0.3 is 5.73 Å². The fourth-order valence-electron chi connectivity index (χ4n) is 1.92. The van der Waals surface area contributed by atoms with Crippen molar-refractivity contribution in [1.29, 1.82) is 0 Å². The summed E-state index contributed by atoms with van der Waals surface area (Å²) in [5.41, 5.74) is 5.09. The highest BCUT2D eigenvalue weighted by atomic mass is 16.1. The first kappa shape index (κ1) is 13.8. The third kappa shape index (κ3) is 7.89. The molecule has 0 saturated carbocycles. The minimum absolute atomic E-state index is 0.0733. The van der Waals surface area contributed by atoms with Crippen molar-refractivity contribution in [3.05, 3.63) is 0 Å². The molecule has 0 aliphatic carbocycles. The molecule has 1 amide bonds. The van der Waals surface area contributed by atoms with E-state index in [2.05, 4.69) is 11.9 Å². The molecule has 0 aromatic carbocycles. The molecule has 2 N–H and O–H groups in total. The number of aliphatic imine (C=N–C) groups is 1. The lowest BCUT2D eigenvalue weighted by Crippen LogP contribution is -2.24. The number of carbonyl (C=O) groups excluding carboxylic acids is 2. The Labute approximate surface area is 90.9 Å². The lowest BCUT2D eigenvalue weighted by molar-refractivity contribution is -0.120. The Morgan fingerprint density at radius 2 is 2.13 bits per heavy atom. The molecule has 1 atom stereocenters. The maximum Gasteiger partial charge on any atom is 0.234 e. The molecule has 1 unspecified atom stereocenters. The highest BCUT2D eigenvalue weighted by Crippen LogP contribution is 2.30. The monoisotopic (exact) mass is 212 g/mol. The first-order valence-corrected chi connectivity index (χ1v) is 5.19. The molecule has 15 heavy (non-hydrogen) atoms. The number of rotatable bonds is 7. The number of isocyanates is 1. The van der Waals surface area contributed by atoms with E-state index in [4.69, 9.17) is 5.73 Å². The van der Waals surface area contributed by atoms with Crippen molar-refractivity contribution in [2.24, 2.45) is 22.1 Å². The maximum absolute atomic E-state index is 10.8. The van der Waals surface area contributed by atoms with Crippen molar-refractivity contribution in [3.8, 4) is 0 Å². The van der Waals surface area contributed by atoms with Gasteiger partial charge in [-0.25, -0.2) is 9.79 Å². The molecule has 0 bridgehead atoms. The summed E-state index contributed by atoms with van der Waals surface area (Å²) in [6, 6.07) is 0. The normalized spacial score (nSPS) is 13.0. The largest absolute Gasteiger partial charge is 0.370 e. The fraction of sp³-hybridized carbons (Fsp3) is 0.818. The van der Waals surface area contributed by atoms with Crippen LogP contribution in [0, 0.1) is 11.3 Å². The summed E-state index contributed by atoms with van der Waals surface area (Å²) in [5, 5.41) is 0. The van der Waals surface area contributed by atoms with Gasteiger partial charge in [0.25, 0.3) is 0 Å². The minimum Gasteiger partial charge on any atom is -0.370 e. The quantitative estimate of drug-likeness (QED) is 0.514. The van der Waals surface area contributed by atoms with Gasteiger partial charge in [0.2, 0.25) is 12.0 Å². The van der Waals surface area contributed by atoms with Crippen molar-refractivity contribution in [2.45, 2.75) is 40.0 Å². The van der Waals surface area contributed by atoms with Crippen LogP contribution in [0.3, 0.4) is 0 Å². The smallest absolute Gasteiger partial charge is 0.234 e. The standard InChI is InChI=1S/C11H20N2O2/c1-9(4-5-13-8-14)6-11(2,3)7-10(12)15/h9H,4-7H2,1-3H3,(H2,12,15). The number of hydrogen-bond donors (Lipinski definition) is 1. The predicted molar refractivity (Wildman–Crippen MR) is 59.0 cm³/mol. The molecule has 0 aromatic heterocycles.